The number of halogens is 2. The number of aromatic nitrogens is 1. The molecule has 1 aromatic heterocycles. The molecule has 98 valence electrons. The number of amides is 1. The molecule has 0 spiro atoms. The molecule has 0 saturated heterocycles. The van der Waals surface area contributed by atoms with Crippen LogP contribution in [0.1, 0.15) is 11.3 Å². The Hall–Kier alpha value is -1.75. The van der Waals surface area contributed by atoms with Gasteiger partial charge in [-0.3, -0.25) is 9.78 Å². The quantitative estimate of drug-likeness (QED) is 0.940. The lowest BCUT2D eigenvalue weighted by Crippen LogP contribution is -2.16. The van der Waals surface area contributed by atoms with Crippen molar-refractivity contribution < 1.29 is 9.18 Å². The van der Waals surface area contributed by atoms with E-state index in [0.29, 0.717) is 10.2 Å². The van der Waals surface area contributed by atoms with E-state index in [1.807, 2.05) is 19.1 Å². The minimum Gasteiger partial charge on any atom is -0.323 e. The van der Waals surface area contributed by atoms with E-state index in [-0.39, 0.29) is 18.0 Å². The monoisotopic (exact) mass is 322 g/mol. The average Bonchev–Trinajstić information content (AvgIpc) is 2.36. The highest BCUT2D eigenvalue weighted by atomic mass is 79.9. The number of pyridine rings is 1. The second-order valence-corrected chi connectivity index (χ2v) is 5.03. The van der Waals surface area contributed by atoms with Crippen LogP contribution in [0.5, 0.6) is 0 Å². The molecule has 0 aliphatic carbocycles. The van der Waals surface area contributed by atoms with Gasteiger partial charge in [-0.2, -0.15) is 0 Å². The van der Waals surface area contributed by atoms with Crippen molar-refractivity contribution in [1.82, 2.24) is 4.98 Å². The number of benzene rings is 1. The number of nitrogens with zero attached hydrogens (tertiary/aromatic N) is 1. The van der Waals surface area contributed by atoms with Gasteiger partial charge in [0.05, 0.1) is 17.8 Å². The molecule has 5 heteroatoms. The Morgan fingerprint density at radius 3 is 2.89 bits per heavy atom. The molecule has 2 aromatic rings. The molecule has 1 amide bonds. The third-order valence-corrected chi connectivity index (χ3v) is 3.14. The maximum Gasteiger partial charge on any atom is 0.230 e. The summed E-state index contributed by atoms with van der Waals surface area (Å²) < 4.78 is 14.2. The van der Waals surface area contributed by atoms with Gasteiger partial charge in [-0.05, 0) is 36.8 Å². The van der Waals surface area contributed by atoms with Crippen LogP contribution in [0.25, 0.3) is 0 Å². The lowest BCUT2D eigenvalue weighted by atomic mass is 10.1. The molecule has 0 saturated carbocycles. The fraction of sp³-hybridized carbons (Fsp3) is 0.143. The molecular formula is C14H12BrFN2O. The maximum atomic E-state index is 13.6. The van der Waals surface area contributed by atoms with E-state index in [1.165, 1.54) is 12.1 Å². The van der Waals surface area contributed by atoms with Crippen molar-refractivity contribution in [1.29, 1.82) is 0 Å². The molecule has 2 rings (SSSR count). The number of carbonyl (C=O) groups excluding carboxylic acids is 1. The first kappa shape index (κ1) is 13.7. The SMILES string of the molecule is Cc1cccnc1CC(=O)Nc1ccc(Br)cc1F. The summed E-state index contributed by atoms with van der Waals surface area (Å²) in [5.74, 6) is -0.761. The zero-order valence-electron chi connectivity index (χ0n) is 10.3. The molecule has 0 aliphatic rings. The minimum atomic E-state index is -0.472. The lowest BCUT2D eigenvalue weighted by Gasteiger charge is -2.07. The fourth-order valence-corrected chi connectivity index (χ4v) is 1.97. The van der Waals surface area contributed by atoms with Crippen LogP contribution in [0.4, 0.5) is 10.1 Å². The number of aryl methyl sites for hydroxylation is 1. The van der Waals surface area contributed by atoms with Gasteiger partial charge in [0, 0.05) is 10.7 Å². The van der Waals surface area contributed by atoms with Crippen LogP contribution in [0.15, 0.2) is 41.0 Å². The van der Waals surface area contributed by atoms with E-state index in [4.69, 9.17) is 0 Å². The van der Waals surface area contributed by atoms with Crippen molar-refractivity contribution in [3.05, 3.63) is 58.1 Å². The summed E-state index contributed by atoms with van der Waals surface area (Å²) in [6.07, 6.45) is 1.76. The average molecular weight is 323 g/mol. The van der Waals surface area contributed by atoms with Crippen LogP contribution in [0.2, 0.25) is 0 Å². The Balaban J connectivity index is 2.08. The molecule has 1 aromatic carbocycles. The number of rotatable bonds is 3. The molecule has 19 heavy (non-hydrogen) atoms. The van der Waals surface area contributed by atoms with Crippen LogP contribution < -0.4 is 5.32 Å². The highest BCUT2D eigenvalue weighted by Crippen LogP contribution is 2.19. The van der Waals surface area contributed by atoms with Crippen molar-refractivity contribution in [2.75, 3.05) is 5.32 Å². The van der Waals surface area contributed by atoms with Crippen LogP contribution in [-0.2, 0) is 11.2 Å². The van der Waals surface area contributed by atoms with Gasteiger partial charge in [0.1, 0.15) is 5.82 Å². The molecule has 0 bridgehead atoms. The summed E-state index contributed by atoms with van der Waals surface area (Å²) in [5, 5.41) is 2.54. The van der Waals surface area contributed by atoms with Gasteiger partial charge >= 0.3 is 0 Å². The molecule has 3 nitrogen and oxygen atoms in total. The van der Waals surface area contributed by atoms with Crippen LogP contribution >= 0.6 is 15.9 Å². The standard InChI is InChI=1S/C14H12BrFN2O/c1-9-3-2-6-17-13(9)8-14(19)18-12-5-4-10(15)7-11(12)16/h2-7H,8H2,1H3,(H,18,19). The molecule has 1 heterocycles. The van der Waals surface area contributed by atoms with Crippen molar-refractivity contribution in [2.24, 2.45) is 0 Å². The molecule has 1 N–H and O–H groups in total. The molecule has 0 unspecified atom stereocenters. The first-order valence-electron chi connectivity index (χ1n) is 5.71. The third-order valence-electron chi connectivity index (χ3n) is 2.65. The predicted molar refractivity (Wildman–Crippen MR) is 75.4 cm³/mol. The van der Waals surface area contributed by atoms with E-state index in [0.717, 1.165) is 5.56 Å². The summed E-state index contributed by atoms with van der Waals surface area (Å²) in [4.78, 5) is 16.0. The van der Waals surface area contributed by atoms with E-state index in [1.54, 1.807) is 12.3 Å². The molecule has 0 fully saturated rings. The highest BCUT2D eigenvalue weighted by Gasteiger charge is 2.10. The molecule has 0 radical (unpaired) electrons. The first-order chi connectivity index (χ1) is 9.06. The molecule has 0 atom stereocenters. The summed E-state index contributed by atoms with van der Waals surface area (Å²) >= 11 is 3.16. The van der Waals surface area contributed by atoms with Gasteiger partial charge in [0.25, 0.3) is 0 Å². The maximum absolute atomic E-state index is 13.6. The zero-order chi connectivity index (χ0) is 13.8. The Labute approximate surface area is 119 Å². The van der Waals surface area contributed by atoms with Crippen LogP contribution in [0.3, 0.4) is 0 Å². The van der Waals surface area contributed by atoms with E-state index in [2.05, 4.69) is 26.2 Å². The van der Waals surface area contributed by atoms with Gasteiger partial charge in [-0.15, -0.1) is 0 Å². The Kier molecular flexibility index (Phi) is 4.27. The second kappa shape index (κ2) is 5.93. The molecular weight excluding hydrogens is 311 g/mol. The lowest BCUT2D eigenvalue weighted by molar-refractivity contribution is -0.115. The smallest absolute Gasteiger partial charge is 0.230 e. The van der Waals surface area contributed by atoms with Crippen LogP contribution in [-0.4, -0.2) is 10.9 Å². The number of anilines is 1. The third kappa shape index (κ3) is 3.61. The van der Waals surface area contributed by atoms with Gasteiger partial charge in [-0.1, -0.05) is 22.0 Å². The summed E-state index contributed by atoms with van der Waals surface area (Å²) in [6, 6.07) is 8.19. The Morgan fingerprint density at radius 2 is 2.21 bits per heavy atom. The highest BCUT2D eigenvalue weighted by molar-refractivity contribution is 9.10. The Bertz CT molecular complexity index is 616. The minimum absolute atomic E-state index is 0.127. The molecule has 0 aliphatic heterocycles. The topological polar surface area (TPSA) is 42.0 Å². The Morgan fingerprint density at radius 1 is 1.42 bits per heavy atom. The van der Waals surface area contributed by atoms with Crippen molar-refractivity contribution in [3.8, 4) is 0 Å². The largest absolute Gasteiger partial charge is 0.323 e. The number of hydrogen-bond acceptors (Lipinski definition) is 2. The van der Waals surface area contributed by atoms with Crippen molar-refractivity contribution in [3.63, 3.8) is 0 Å². The number of nitrogens with one attached hydrogen (secondary N) is 1. The number of hydrogen-bond donors (Lipinski definition) is 1. The normalized spacial score (nSPS) is 10.3. The van der Waals surface area contributed by atoms with Crippen molar-refractivity contribution >= 4 is 27.5 Å². The summed E-state index contributed by atoms with van der Waals surface area (Å²) in [5.41, 5.74) is 1.80. The van der Waals surface area contributed by atoms with Gasteiger partial charge in [-0.25, -0.2) is 4.39 Å². The van der Waals surface area contributed by atoms with Gasteiger partial charge in [0.2, 0.25) is 5.91 Å². The second-order valence-electron chi connectivity index (χ2n) is 4.12. The zero-order valence-corrected chi connectivity index (χ0v) is 11.9. The fourth-order valence-electron chi connectivity index (χ4n) is 1.64. The van der Waals surface area contributed by atoms with Gasteiger partial charge in [0.15, 0.2) is 0 Å². The van der Waals surface area contributed by atoms with E-state index < -0.39 is 5.82 Å². The first-order valence-corrected chi connectivity index (χ1v) is 6.51. The predicted octanol–water partition coefficient (Wildman–Crippen LogP) is 3.47. The van der Waals surface area contributed by atoms with Crippen molar-refractivity contribution in [2.45, 2.75) is 13.3 Å². The van der Waals surface area contributed by atoms with Crippen LogP contribution in [0, 0.1) is 12.7 Å². The van der Waals surface area contributed by atoms with E-state index >= 15 is 0 Å². The van der Waals surface area contributed by atoms with Gasteiger partial charge < -0.3 is 5.32 Å². The summed E-state index contributed by atoms with van der Waals surface area (Å²) in [7, 11) is 0. The number of carbonyl (C=O) groups is 1. The summed E-state index contributed by atoms with van der Waals surface area (Å²) in [6.45, 7) is 1.88. The van der Waals surface area contributed by atoms with E-state index in [9.17, 15) is 9.18 Å².